The molecule has 0 aliphatic rings. The zero-order valence-electron chi connectivity index (χ0n) is 12.9. The molecule has 3 nitrogen and oxygen atoms in total. The third-order valence-corrected chi connectivity index (χ3v) is 4.10. The summed E-state index contributed by atoms with van der Waals surface area (Å²) in [6, 6.07) is 15.2. The van der Waals surface area contributed by atoms with E-state index in [1.165, 1.54) is 18.4 Å². The number of halogens is 1. The van der Waals surface area contributed by atoms with Gasteiger partial charge in [-0.25, -0.2) is 0 Å². The average Bonchev–Trinajstić information content (AvgIpc) is 2.54. The molecule has 0 fully saturated rings. The van der Waals surface area contributed by atoms with E-state index in [9.17, 15) is 4.79 Å². The number of benzene rings is 2. The molecule has 0 heterocycles. The number of anilines is 1. The molecule has 5 heteroatoms. The van der Waals surface area contributed by atoms with E-state index in [4.69, 9.17) is 12.2 Å². The van der Waals surface area contributed by atoms with Crippen LogP contribution in [0, 0.1) is 0 Å². The summed E-state index contributed by atoms with van der Waals surface area (Å²) in [5, 5.41) is 6.00. The van der Waals surface area contributed by atoms with Gasteiger partial charge >= 0.3 is 0 Å². The van der Waals surface area contributed by atoms with Crippen molar-refractivity contribution in [2.75, 3.05) is 5.32 Å². The van der Waals surface area contributed by atoms with Gasteiger partial charge in [-0.05, 0) is 67.0 Å². The Morgan fingerprint density at radius 2 is 1.74 bits per heavy atom. The van der Waals surface area contributed by atoms with Crippen LogP contribution in [-0.2, 0) is 6.42 Å². The van der Waals surface area contributed by atoms with Crippen LogP contribution in [0.15, 0.2) is 53.0 Å². The van der Waals surface area contributed by atoms with E-state index < -0.39 is 0 Å². The third kappa shape index (κ3) is 5.77. The molecule has 120 valence electrons. The summed E-state index contributed by atoms with van der Waals surface area (Å²) in [5.74, 6) is -0.227. The Morgan fingerprint density at radius 1 is 1.09 bits per heavy atom. The third-order valence-electron chi connectivity index (χ3n) is 3.36. The first-order valence-corrected chi connectivity index (χ1v) is 8.75. The Bertz CT molecular complexity index is 668. The van der Waals surface area contributed by atoms with Gasteiger partial charge in [0.05, 0.1) is 0 Å². The van der Waals surface area contributed by atoms with E-state index in [1.807, 2.05) is 24.3 Å². The second-order valence-electron chi connectivity index (χ2n) is 5.22. The van der Waals surface area contributed by atoms with Gasteiger partial charge in [0.15, 0.2) is 5.11 Å². The molecule has 1 amide bonds. The minimum absolute atomic E-state index is 0.227. The van der Waals surface area contributed by atoms with Crippen molar-refractivity contribution in [1.82, 2.24) is 5.32 Å². The summed E-state index contributed by atoms with van der Waals surface area (Å²) in [7, 11) is 0. The van der Waals surface area contributed by atoms with Gasteiger partial charge in [-0.15, -0.1) is 0 Å². The van der Waals surface area contributed by atoms with Crippen LogP contribution in [-0.4, -0.2) is 11.0 Å². The molecule has 2 rings (SSSR count). The predicted octanol–water partition coefficient (Wildman–Crippen LogP) is 4.92. The van der Waals surface area contributed by atoms with Gasteiger partial charge < -0.3 is 5.32 Å². The highest BCUT2D eigenvalue weighted by Crippen LogP contribution is 2.12. The monoisotopic (exact) mass is 390 g/mol. The molecule has 0 aliphatic carbocycles. The van der Waals surface area contributed by atoms with Gasteiger partial charge in [-0.3, -0.25) is 10.1 Å². The second-order valence-corrected chi connectivity index (χ2v) is 6.54. The van der Waals surface area contributed by atoms with Crippen LogP contribution in [0.25, 0.3) is 0 Å². The quantitative estimate of drug-likeness (QED) is 0.711. The highest BCUT2D eigenvalue weighted by Gasteiger charge is 2.07. The summed E-state index contributed by atoms with van der Waals surface area (Å²) < 4.78 is 0.929. The number of rotatable bonds is 5. The van der Waals surface area contributed by atoms with Gasteiger partial charge in [0.2, 0.25) is 0 Å². The largest absolute Gasteiger partial charge is 0.332 e. The molecule has 0 aromatic heterocycles. The Kier molecular flexibility index (Phi) is 6.74. The fourth-order valence-electron chi connectivity index (χ4n) is 2.07. The van der Waals surface area contributed by atoms with Gasteiger partial charge in [0, 0.05) is 15.7 Å². The number of amides is 1. The number of aryl methyl sites for hydroxylation is 1. The fourth-order valence-corrected chi connectivity index (χ4v) is 2.55. The van der Waals surface area contributed by atoms with Crippen molar-refractivity contribution >= 4 is 44.9 Å². The number of thiocarbonyl (C=S) groups is 1. The minimum Gasteiger partial charge on any atom is -0.332 e. The van der Waals surface area contributed by atoms with Crippen LogP contribution in [0.3, 0.4) is 0 Å². The van der Waals surface area contributed by atoms with Gasteiger partial charge in [-0.1, -0.05) is 41.4 Å². The molecule has 2 N–H and O–H groups in total. The number of unbranched alkanes of at least 4 members (excludes halogenated alkanes) is 1. The maximum Gasteiger partial charge on any atom is 0.257 e. The van der Waals surface area contributed by atoms with Crippen LogP contribution in [0.1, 0.15) is 35.7 Å². The first-order chi connectivity index (χ1) is 11.1. The lowest BCUT2D eigenvalue weighted by atomic mass is 10.1. The van der Waals surface area contributed by atoms with Crippen molar-refractivity contribution in [3.63, 3.8) is 0 Å². The van der Waals surface area contributed by atoms with Crippen molar-refractivity contribution in [1.29, 1.82) is 0 Å². The molecule has 0 saturated heterocycles. The maximum absolute atomic E-state index is 12.1. The molecule has 0 atom stereocenters. The molecular formula is C18H19BrN2OS. The minimum atomic E-state index is -0.227. The standard InChI is InChI=1S/C18H19BrN2OS/c1-2-3-4-13-5-11-16(12-6-13)20-18(23)21-17(22)14-7-9-15(19)10-8-14/h5-12H,2-4H2,1H3,(H2,20,21,22,23). The van der Waals surface area contributed by atoms with E-state index in [-0.39, 0.29) is 5.91 Å². The van der Waals surface area contributed by atoms with Gasteiger partial charge in [0.25, 0.3) is 5.91 Å². The van der Waals surface area contributed by atoms with Crippen LogP contribution in [0.2, 0.25) is 0 Å². The topological polar surface area (TPSA) is 41.1 Å². The number of hydrogen-bond donors (Lipinski definition) is 2. The van der Waals surface area contributed by atoms with Crippen molar-refractivity contribution in [3.05, 3.63) is 64.1 Å². The maximum atomic E-state index is 12.1. The Morgan fingerprint density at radius 3 is 2.35 bits per heavy atom. The highest BCUT2D eigenvalue weighted by molar-refractivity contribution is 9.10. The highest BCUT2D eigenvalue weighted by atomic mass is 79.9. The fraction of sp³-hybridized carbons (Fsp3) is 0.222. The van der Waals surface area contributed by atoms with E-state index in [2.05, 4.69) is 45.6 Å². The van der Waals surface area contributed by atoms with Crippen molar-refractivity contribution < 1.29 is 4.79 Å². The van der Waals surface area contributed by atoms with Crippen molar-refractivity contribution in [2.24, 2.45) is 0 Å². The number of hydrogen-bond acceptors (Lipinski definition) is 2. The van der Waals surface area contributed by atoms with Crippen LogP contribution < -0.4 is 10.6 Å². The molecule has 0 saturated carbocycles. The van der Waals surface area contributed by atoms with E-state index >= 15 is 0 Å². The molecule has 0 aliphatic heterocycles. The summed E-state index contributed by atoms with van der Waals surface area (Å²) >= 11 is 8.53. The summed E-state index contributed by atoms with van der Waals surface area (Å²) in [6.45, 7) is 2.18. The van der Waals surface area contributed by atoms with Crippen LogP contribution in [0.4, 0.5) is 5.69 Å². The molecule has 23 heavy (non-hydrogen) atoms. The number of carbonyl (C=O) groups excluding carboxylic acids is 1. The zero-order valence-corrected chi connectivity index (χ0v) is 15.3. The Balaban J connectivity index is 1.88. The Hall–Kier alpha value is -1.72. The zero-order chi connectivity index (χ0) is 16.7. The van der Waals surface area contributed by atoms with Gasteiger partial charge in [-0.2, -0.15) is 0 Å². The second kappa shape index (κ2) is 8.79. The summed E-state index contributed by atoms with van der Waals surface area (Å²) in [5.41, 5.74) is 2.74. The van der Waals surface area contributed by atoms with Gasteiger partial charge in [0.1, 0.15) is 0 Å². The lowest BCUT2D eigenvalue weighted by Gasteiger charge is -2.10. The Labute approximate surface area is 150 Å². The predicted molar refractivity (Wildman–Crippen MR) is 103 cm³/mol. The smallest absolute Gasteiger partial charge is 0.257 e. The van der Waals surface area contributed by atoms with E-state index in [1.54, 1.807) is 12.1 Å². The lowest BCUT2D eigenvalue weighted by molar-refractivity contribution is 0.0977. The molecule has 0 unspecified atom stereocenters. The van der Waals surface area contributed by atoms with Crippen molar-refractivity contribution in [3.8, 4) is 0 Å². The molecule has 2 aromatic rings. The summed E-state index contributed by atoms with van der Waals surface area (Å²) in [6.07, 6.45) is 3.46. The molecule has 0 spiro atoms. The molecule has 0 radical (unpaired) electrons. The number of nitrogens with one attached hydrogen (secondary N) is 2. The molecule has 0 bridgehead atoms. The van der Waals surface area contributed by atoms with Crippen LogP contribution in [0.5, 0.6) is 0 Å². The molecule has 2 aromatic carbocycles. The summed E-state index contributed by atoms with van der Waals surface area (Å²) in [4.78, 5) is 12.1. The lowest BCUT2D eigenvalue weighted by Crippen LogP contribution is -2.34. The first-order valence-electron chi connectivity index (χ1n) is 7.55. The first kappa shape index (κ1) is 17.6. The normalized spacial score (nSPS) is 10.2. The molecular weight excluding hydrogens is 372 g/mol. The van der Waals surface area contributed by atoms with Crippen LogP contribution >= 0.6 is 28.1 Å². The van der Waals surface area contributed by atoms with Crippen molar-refractivity contribution in [2.45, 2.75) is 26.2 Å². The average molecular weight is 391 g/mol. The number of carbonyl (C=O) groups is 1. The van der Waals surface area contributed by atoms with E-state index in [0.29, 0.717) is 10.7 Å². The SMILES string of the molecule is CCCCc1ccc(NC(=S)NC(=O)c2ccc(Br)cc2)cc1. The van der Waals surface area contributed by atoms with E-state index in [0.717, 1.165) is 16.6 Å².